The molecular formula is C38H53B2NO4. The second-order valence-corrected chi connectivity index (χ2v) is 14.9. The van der Waals surface area contributed by atoms with Crippen molar-refractivity contribution >= 4 is 42.2 Å². The lowest BCUT2D eigenvalue weighted by Gasteiger charge is -2.32. The zero-order valence-corrected chi connectivity index (χ0v) is 29.1. The van der Waals surface area contributed by atoms with Gasteiger partial charge in [0, 0.05) is 17.1 Å². The van der Waals surface area contributed by atoms with Crippen LogP contribution in [0.5, 0.6) is 0 Å². The Balaban J connectivity index is 1.38. The van der Waals surface area contributed by atoms with Crippen molar-refractivity contribution in [2.24, 2.45) is 0 Å². The molecule has 0 spiro atoms. The van der Waals surface area contributed by atoms with Crippen LogP contribution in [-0.2, 0) is 25.0 Å². The third kappa shape index (κ3) is 7.38. The molecule has 2 saturated heterocycles. The van der Waals surface area contributed by atoms with Crippen LogP contribution in [0.4, 0.5) is 17.1 Å². The quantitative estimate of drug-likeness (QED) is 0.152. The molecule has 0 bridgehead atoms. The van der Waals surface area contributed by atoms with Crippen molar-refractivity contribution < 1.29 is 18.6 Å². The molecule has 2 aliphatic rings. The van der Waals surface area contributed by atoms with Gasteiger partial charge in [0.05, 0.1) is 22.4 Å². The van der Waals surface area contributed by atoms with Gasteiger partial charge in [0.1, 0.15) is 0 Å². The monoisotopic (exact) mass is 609 g/mol. The number of hydrogen-bond donors (Lipinski definition) is 0. The van der Waals surface area contributed by atoms with Gasteiger partial charge in [0.15, 0.2) is 0 Å². The van der Waals surface area contributed by atoms with Gasteiger partial charge >= 0.3 is 14.2 Å². The molecule has 0 saturated carbocycles. The van der Waals surface area contributed by atoms with E-state index in [0.29, 0.717) is 0 Å². The van der Waals surface area contributed by atoms with Crippen LogP contribution in [0.25, 0.3) is 0 Å². The first kappa shape index (κ1) is 33.8. The van der Waals surface area contributed by atoms with Crippen LogP contribution in [-0.4, -0.2) is 36.6 Å². The molecule has 2 heterocycles. The highest BCUT2D eigenvalue weighted by atomic mass is 16.7. The van der Waals surface area contributed by atoms with Crippen LogP contribution in [0.2, 0.25) is 0 Å². The fraction of sp³-hybridized carbons (Fsp3) is 0.526. The first-order valence-electron chi connectivity index (χ1n) is 17.0. The Bertz CT molecular complexity index is 1290. The van der Waals surface area contributed by atoms with Crippen molar-refractivity contribution in [2.45, 2.75) is 130 Å². The Morgan fingerprint density at radius 1 is 0.467 bits per heavy atom. The van der Waals surface area contributed by atoms with Gasteiger partial charge in [-0.05, 0) is 121 Å². The Labute approximate surface area is 273 Å². The number of rotatable bonds is 12. The van der Waals surface area contributed by atoms with E-state index in [9.17, 15) is 0 Å². The molecule has 2 aliphatic heterocycles. The van der Waals surface area contributed by atoms with Gasteiger partial charge in [-0.15, -0.1) is 0 Å². The van der Waals surface area contributed by atoms with Crippen molar-refractivity contribution in [2.75, 3.05) is 4.90 Å². The minimum atomic E-state index is -0.391. The molecule has 0 aromatic heterocycles. The van der Waals surface area contributed by atoms with E-state index >= 15 is 0 Å². The molecule has 0 amide bonds. The lowest BCUT2D eigenvalue weighted by Crippen LogP contribution is -2.41. The van der Waals surface area contributed by atoms with Crippen LogP contribution in [0.15, 0.2) is 72.8 Å². The van der Waals surface area contributed by atoms with Gasteiger partial charge in [-0.25, -0.2) is 0 Å². The van der Waals surface area contributed by atoms with E-state index in [2.05, 4.69) is 140 Å². The lowest BCUT2D eigenvalue weighted by atomic mass is 9.79. The van der Waals surface area contributed by atoms with Crippen molar-refractivity contribution in [3.8, 4) is 0 Å². The van der Waals surface area contributed by atoms with Gasteiger partial charge in [-0.2, -0.15) is 0 Å². The molecule has 45 heavy (non-hydrogen) atoms. The fourth-order valence-electron chi connectivity index (χ4n) is 5.89. The number of benzene rings is 3. The van der Waals surface area contributed by atoms with Crippen molar-refractivity contribution in [1.29, 1.82) is 0 Å². The first-order valence-corrected chi connectivity index (χ1v) is 17.0. The lowest BCUT2D eigenvalue weighted by molar-refractivity contribution is 0.00578. The van der Waals surface area contributed by atoms with E-state index < -0.39 is 14.2 Å². The molecule has 0 atom stereocenters. The smallest absolute Gasteiger partial charge is 0.399 e. The maximum Gasteiger partial charge on any atom is 0.494 e. The minimum absolute atomic E-state index is 0.376. The number of unbranched alkanes of at least 4 members (excludes halogenated alkanes) is 5. The Kier molecular flexibility index (Phi) is 9.96. The normalized spacial score (nSPS) is 19.7. The van der Waals surface area contributed by atoms with Crippen LogP contribution < -0.4 is 15.8 Å². The van der Waals surface area contributed by atoms with E-state index in [1.165, 1.54) is 44.1 Å². The molecular weight excluding hydrogens is 556 g/mol. The first-order chi connectivity index (χ1) is 21.2. The van der Waals surface area contributed by atoms with Crippen LogP contribution >= 0.6 is 0 Å². The highest BCUT2D eigenvalue weighted by Gasteiger charge is 2.52. The summed E-state index contributed by atoms with van der Waals surface area (Å²) in [4.78, 5) is 2.30. The summed E-state index contributed by atoms with van der Waals surface area (Å²) in [5.41, 5.74) is 5.18. The Morgan fingerprint density at radius 3 is 1.18 bits per heavy atom. The standard InChI is InChI=1S/C38H53B2NO4/c1-10-11-12-13-14-15-16-29-17-23-32(24-18-29)41(33-25-19-30(20-26-33)39-42-35(2,3)36(4,5)43-39)34-27-21-31(22-28-34)40-44-37(6,7)38(8,9)45-40/h17-28H,10-16H2,1-9H3. The largest absolute Gasteiger partial charge is 0.494 e. The van der Waals surface area contributed by atoms with Crippen molar-refractivity contribution in [3.63, 3.8) is 0 Å². The maximum atomic E-state index is 6.32. The van der Waals surface area contributed by atoms with Gasteiger partial charge in [-0.1, -0.05) is 75.4 Å². The summed E-state index contributed by atoms with van der Waals surface area (Å²) in [7, 11) is -0.782. The molecule has 0 unspecified atom stereocenters. The summed E-state index contributed by atoms with van der Waals surface area (Å²) >= 11 is 0. The van der Waals surface area contributed by atoms with Crippen LogP contribution in [0, 0.1) is 0 Å². The maximum absolute atomic E-state index is 6.32. The number of aryl methyl sites for hydroxylation is 1. The van der Waals surface area contributed by atoms with Gasteiger partial charge < -0.3 is 23.5 Å². The third-order valence-electron chi connectivity index (χ3n) is 10.4. The van der Waals surface area contributed by atoms with Gasteiger partial charge in [0.25, 0.3) is 0 Å². The highest BCUT2D eigenvalue weighted by molar-refractivity contribution is 6.62. The molecule has 5 nitrogen and oxygen atoms in total. The summed E-state index contributed by atoms with van der Waals surface area (Å²) < 4.78 is 25.3. The molecule has 240 valence electrons. The zero-order chi connectivity index (χ0) is 32.5. The van der Waals surface area contributed by atoms with E-state index in [4.69, 9.17) is 18.6 Å². The highest BCUT2D eigenvalue weighted by Crippen LogP contribution is 2.39. The molecule has 5 rings (SSSR count). The molecule has 7 heteroatoms. The van der Waals surface area contributed by atoms with E-state index in [1.807, 2.05) is 0 Å². The minimum Gasteiger partial charge on any atom is -0.399 e. The Hall–Kier alpha value is -2.57. The second-order valence-electron chi connectivity index (χ2n) is 14.9. The molecule has 3 aromatic rings. The number of anilines is 3. The van der Waals surface area contributed by atoms with E-state index in [0.717, 1.165) is 34.4 Å². The fourth-order valence-corrected chi connectivity index (χ4v) is 5.89. The van der Waals surface area contributed by atoms with Crippen molar-refractivity contribution in [1.82, 2.24) is 0 Å². The Morgan fingerprint density at radius 2 is 0.800 bits per heavy atom. The van der Waals surface area contributed by atoms with Crippen LogP contribution in [0.3, 0.4) is 0 Å². The van der Waals surface area contributed by atoms with E-state index in [1.54, 1.807) is 0 Å². The molecule has 0 radical (unpaired) electrons. The molecule has 0 N–H and O–H groups in total. The summed E-state index contributed by atoms with van der Waals surface area (Å²) in [6.45, 7) is 19.0. The number of hydrogen-bond acceptors (Lipinski definition) is 5. The average Bonchev–Trinajstić information content (AvgIpc) is 3.35. The number of nitrogens with zero attached hydrogens (tertiary/aromatic N) is 1. The molecule has 0 aliphatic carbocycles. The molecule has 3 aromatic carbocycles. The summed E-state index contributed by atoms with van der Waals surface area (Å²) in [6, 6.07) is 26.2. The SMILES string of the molecule is CCCCCCCCc1ccc(N(c2ccc(B3OC(C)(C)C(C)(C)O3)cc2)c2ccc(B3OC(C)(C)C(C)(C)O3)cc2)cc1. The second kappa shape index (κ2) is 13.3. The summed E-state index contributed by atoms with van der Waals surface area (Å²) in [6.07, 6.45) is 9.00. The third-order valence-corrected chi connectivity index (χ3v) is 10.4. The summed E-state index contributed by atoms with van der Waals surface area (Å²) in [5.74, 6) is 0. The predicted molar refractivity (Wildman–Crippen MR) is 190 cm³/mol. The predicted octanol–water partition coefficient (Wildman–Crippen LogP) is 8.66. The topological polar surface area (TPSA) is 40.2 Å². The van der Waals surface area contributed by atoms with E-state index in [-0.39, 0.29) is 22.4 Å². The average molecular weight is 609 g/mol. The molecule has 2 fully saturated rings. The van der Waals surface area contributed by atoms with Gasteiger partial charge in [0.2, 0.25) is 0 Å². The summed E-state index contributed by atoms with van der Waals surface area (Å²) in [5, 5.41) is 0. The van der Waals surface area contributed by atoms with Gasteiger partial charge in [-0.3, -0.25) is 0 Å². The van der Waals surface area contributed by atoms with Crippen LogP contribution in [0.1, 0.15) is 106 Å². The van der Waals surface area contributed by atoms with Crippen molar-refractivity contribution in [3.05, 3.63) is 78.4 Å². The zero-order valence-electron chi connectivity index (χ0n) is 29.1.